The lowest BCUT2D eigenvalue weighted by molar-refractivity contribution is 0.218. The van der Waals surface area contributed by atoms with Gasteiger partial charge in [-0.05, 0) is 20.3 Å². The standard InChI is InChI=1S/C13H20N6O2/c1-5-6-19-8-10(7-15-19)21-13-17-11(14-4)16-12(18-13)20-9(2)3/h7-9H,5-6H2,1-4H3,(H,14,16,17,18). The molecule has 1 N–H and O–H groups in total. The molecule has 0 saturated heterocycles. The molecule has 0 aromatic carbocycles. The number of nitrogens with zero attached hydrogens (tertiary/aromatic N) is 5. The van der Waals surface area contributed by atoms with Crippen LogP contribution in [0.4, 0.5) is 5.95 Å². The van der Waals surface area contributed by atoms with Crippen LogP contribution in [0.2, 0.25) is 0 Å². The van der Waals surface area contributed by atoms with Crippen molar-refractivity contribution in [2.45, 2.75) is 39.8 Å². The zero-order valence-corrected chi connectivity index (χ0v) is 12.7. The second kappa shape index (κ2) is 6.87. The van der Waals surface area contributed by atoms with Gasteiger partial charge in [0, 0.05) is 13.6 Å². The van der Waals surface area contributed by atoms with Crippen molar-refractivity contribution in [3.8, 4) is 17.8 Å². The Hall–Kier alpha value is -2.38. The maximum Gasteiger partial charge on any atom is 0.330 e. The van der Waals surface area contributed by atoms with E-state index in [2.05, 4.69) is 32.3 Å². The fraction of sp³-hybridized carbons (Fsp3) is 0.538. The largest absolute Gasteiger partial charge is 0.461 e. The molecule has 0 unspecified atom stereocenters. The number of ether oxygens (including phenoxy) is 2. The van der Waals surface area contributed by atoms with Gasteiger partial charge >= 0.3 is 12.0 Å². The number of hydrogen-bond donors (Lipinski definition) is 1. The Morgan fingerprint density at radius 3 is 2.67 bits per heavy atom. The second-order valence-electron chi connectivity index (χ2n) is 4.68. The number of aryl methyl sites for hydroxylation is 1. The van der Waals surface area contributed by atoms with E-state index < -0.39 is 0 Å². The quantitative estimate of drug-likeness (QED) is 0.836. The monoisotopic (exact) mass is 292 g/mol. The zero-order valence-electron chi connectivity index (χ0n) is 12.7. The van der Waals surface area contributed by atoms with Gasteiger partial charge in [0.25, 0.3) is 0 Å². The molecule has 2 heterocycles. The molecule has 8 heteroatoms. The lowest BCUT2D eigenvalue weighted by atomic mass is 10.5. The highest BCUT2D eigenvalue weighted by molar-refractivity contribution is 5.28. The summed E-state index contributed by atoms with van der Waals surface area (Å²) in [6.45, 7) is 6.73. The zero-order chi connectivity index (χ0) is 15.2. The van der Waals surface area contributed by atoms with Crippen molar-refractivity contribution in [2.75, 3.05) is 12.4 Å². The van der Waals surface area contributed by atoms with Crippen LogP contribution in [-0.2, 0) is 6.54 Å². The Bertz CT molecular complexity index is 584. The van der Waals surface area contributed by atoms with E-state index in [0.717, 1.165) is 13.0 Å². The molecule has 0 fully saturated rings. The number of hydrogen-bond acceptors (Lipinski definition) is 7. The first kappa shape index (κ1) is 15.0. The van der Waals surface area contributed by atoms with Crippen molar-refractivity contribution < 1.29 is 9.47 Å². The van der Waals surface area contributed by atoms with Crippen LogP contribution in [0.25, 0.3) is 0 Å². The van der Waals surface area contributed by atoms with E-state index in [1.54, 1.807) is 24.1 Å². The molecular weight excluding hydrogens is 272 g/mol. The smallest absolute Gasteiger partial charge is 0.330 e. The third-order valence-corrected chi connectivity index (χ3v) is 2.43. The van der Waals surface area contributed by atoms with Gasteiger partial charge in [-0.2, -0.15) is 15.1 Å². The summed E-state index contributed by atoms with van der Waals surface area (Å²) in [6.07, 6.45) is 4.40. The fourth-order valence-corrected chi connectivity index (χ4v) is 1.61. The SMILES string of the molecule is CCCn1cc(Oc2nc(NC)nc(OC(C)C)n2)cn1. The van der Waals surface area contributed by atoms with Gasteiger partial charge in [-0.25, -0.2) is 0 Å². The molecule has 0 spiro atoms. The van der Waals surface area contributed by atoms with Crippen LogP contribution >= 0.6 is 0 Å². The fourth-order valence-electron chi connectivity index (χ4n) is 1.61. The van der Waals surface area contributed by atoms with E-state index in [1.165, 1.54) is 0 Å². The van der Waals surface area contributed by atoms with E-state index in [1.807, 2.05) is 13.8 Å². The molecule has 21 heavy (non-hydrogen) atoms. The molecule has 2 aromatic rings. The van der Waals surface area contributed by atoms with Gasteiger partial charge < -0.3 is 14.8 Å². The predicted molar refractivity (Wildman–Crippen MR) is 77.7 cm³/mol. The Balaban J connectivity index is 2.17. The molecule has 0 atom stereocenters. The summed E-state index contributed by atoms with van der Waals surface area (Å²) in [5, 5.41) is 7.04. The molecular formula is C13H20N6O2. The van der Waals surface area contributed by atoms with E-state index in [4.69, 9.17) is 9.47 Å². The summed E-state index contributed by atoms with van der Waals surface area (Å²) in [6, 6.07) is 0.390. The molecule has 0 aliphatic heterocycles. The highest BCUT2D eigenvalue weighted by Crippen LogP contribution is 2.20. The first-order valence-corrected chi connectivity index (χ1v) is 6.91. The molecule has 0 aliphatic rings. The second-order valence-corrected chi connectivity index (χ2v) is 4.68. The van der Waals surface area contributed by atoms with E-state index in [-0.39, 0.29) is 18.1 Å². The van der Waals surface area contributed by atoms with Crippen LogP contribution in [0.3, 0.4) is 0 Å². The average Bonchev–Trinajstić information content (AvgIpc) is 2.85. The lowest BCUT2D eigenvalue weighted by Crippen LogP contribution is -2.11. The van der Waals surface area contributed by atoms with Crippen molar-refractivity contribution in [2.24, 2.45) is 0 Å². The van der Waals surface area contributed by atoms with Crippen molar-refractivity contribution in [1.29, 1.82) is 0 Å². The van der Waals surface area contributed by atoms with Gasteiger partial charge in [-0.15, -0.1) is 4.98 Å². The van der Waals surface area contributed by atoms with Crippen LogP contribution < -0.4 is 14.8 Å². The normalized spacial score (nSPS) is 10.7. The Labute approximate surface area is 123 Å². The van der Waals surface area contributed by atoms with E-state index >= 15 is 0 Å². The van der Waals surface area contributed by atoms with Crippen LogP contribution in [0.15, 0.2) is 12.4 Å². The summed E-state index contributed by atoms with van der Waals surface area (Å²) in [5.41, 5.74) is 0. The number of nitrogens with one attached hydrogen (secondary N) is 1. The lowest BCUT2D eigenvalue weighted by Gasteiger charge is -2.09. The Kier molecular flexibility index (Phi) is 4.91. The van der Waals surface area contributed by atoms with Gasteiger partial charge in [-0.1, -0.05) is 6.92 Å². The maximum absolute atomic E-state index is 5.60. The number of anilines is 1. The molecule has 0 radical (unpaired) electrons. The van der Waals surface area contributed by atoms with Crippen molar-refractivity contribution >= 4 is 5.95 Å². The third kappa shape index (κ3) is 4.30. The van der Waals surface area contributed by atoms with E-state index in [0.29, 0.717) is 11.7 Å². The molecule has 0 bridgehead atoms. The molecule has 0 aliphatic carbocycles. The summed E-state index contributed by atoms with van der Waals surface area (Å²) in [7, 11) is 1.72. The first-order chi connectivity index (χ1) is 10.1. The van der Waals surface area contributed by atoms with Crippen molar-refractivity contribution in [3.63, 3.8) is 0 Å². The number of rotatable bonds is 7. The molecule has 0 amide bonds. The third-order valence-electron chi connectivity index (χ3n) is 2.43. The van der Waals surface area contributed by atoms with Gasteiger partial charge in [0.1, 0.15) is 0 Å². The predicted octanol–water partition coefficient (Wildman–Crippen LogP) is 2.10. The molecule has 114 valence electrons. The minimum atomic E-state index is -0.0303. The van der Waals surface area contributed by atoms with Crippen LogP contribution in [0, 0.1) is 0 Å². The molecule has 2 aromatic heterocycles. The van der Waals surface area contributed by atoms with Crippen LogP contribution in [0.1, 0.15) is 27.2 Å². The van der Waals surface area contributed by atoms with E-state index in [9.17, 15) is 0 Å². The minimum Gasteiger partial charge on any atom is -0.461 e. The van der Waals surface area contributed by atoms with Crippen LogP contribution in [0.5, 0.6) is 17.8 Å². The topological polar surface area (TPSA) is 87.0 Å². The summed E-state index contributed by atoms with van der Waals surface area (Å²) >= 11 is 0. The van der Waals surface area contributed by atoms with Gasteiger partial charge in [0.05, 0.1) is 18.5 Å². The summed E-state index contributed by atoms with van der Waals surface area (Å²) in [5.74, 6) is 0.962. The highest BCUT2D eigenvalue weighted by atomic mass is 16.5. The number of aromatic nitrogens is 5. The minimum absolute atomic E-state index is 0.0303. The Morgan fingerprint density at radius 1 is 1.24 bits per heavy atom. The molecule has 2 rings (SSSR count). The summed E-state index contributed by atoms with van der Waals surface area (Å²) < 4.78 is 12.9. The molecule has 0 saturated carbocycles. The van der Waals surface area contributed by atoms with Crippen molar-refractivity contribution in [1.82, 2.24) is 24.7 Å². The first-order valence-electron chi connectivity index (χ1n) is 6.91. The van der Waals surface area contributed by atoms with Gasteiger partial charge in [-0.3, -0.25) is 4.68 Å². The molecule has 8 nitrogen and oxygen atoms in total. The highest BCUT2D eigenvalue weighted by Gasteiger charge is 2.11. The maximum atomic E-state index is 5.60. The Morgan fingerprint density at radius 2 is 2.00 bits per heavy atom. The van der Waals surface area contributed by atoms with Gasteiger partial charge in [0.2, 0.25) is 5.95 Å². The van der Waals surface area contributed by atoms with Crippen LogP contribution in [-0.4, -0.2) is 37.9 Å². The average molecular weight is 292 g/mol. The van der Waals surface area contributed by atoms with Gasteiger partial charge in [0.15, 0.2) is 5.75 Å². The summed E-state index contributed by atoms with van der Waals surface area (Å²) in [4.78, 5) is 12.4. The van der Waals surface area contributed by atoms with Crippen molar-refractivity contribution in [3.05, 3.63) is 12.4 Å².